The molecule has 0 N–H and O–H groups in total. The molecule has 3 aromatic rings. The van der Waals surface area contributed by atoms with Crippen LogP contribution in [0.25, 0.3) is 16.9 Å². The van der Waals surface area contributed by atoms with E-state index in [0.717, 1.165) is 49.0 Å². The Hall–Kier alpha value is -2.79. The molecule has 1 aromatic heterocycles. The minimum absolute atomic E-state index is 0.0431. The molecule has 5 nitrogen and oxygen atoms in total. The number of para-hydroxylation sites is 1. The molecule has 2 aromatic carbocycles. The summed E-state index contributed by atoms with van der Waals surface area (Å²) < 4.78 is 8.49. The van der Waals surface area contributed by atoms with Crippen molar-refractivity contribution in [2.75, 3.05) is 6.61 Å². The van der Waals surface area contributed by atoms with Crippen molar-refractivity contribution >= 4 is 17.6 Å². The van der Waals surface area contributed by atoms with Gasteiger partial charge < -0.3 is 4.74 Å². The molecular formula is C25H29ClN2O3. The number of unbranched alkanes of at least 4 members (excludes halogenated alkanes) is 4. The van der Waals surface area contributed by atoms with Crippen LogP contribution in [0.4, 0.5) is 0 Å². The second-order valence-electron chi connectivity index (χ2n) is 7.49. The van der Waals surface area contributed by atoms with Gasteiger partial charge in [0.15, 0.2) is 0 Å². The molecule has 0 saturated heterocycles. The van der Waals surface area contributed by atoms with Crippen LogP contribution in [-0.2, 0) is 16.1 Å². The molecular weight excluding hydrogens is 412 g/mol. The molecule has 0 saturated carbocycles. The highest BCUT2D eigenvalue weighted by Crippen LogP contribution is 2.23. The highest BCUT2D eigenvalue weighted by atomic mass is 35.5. The first-order chi connectivity index (χ1) is 15.1. The minimum atomic E-state index is -0.119. The molecule has 0 unspecified atom stereocenters. The van der Waals surface area contributed by atoms with Crippen LogP contribution >= 0.6 is 11.6 Å². The molecule has 0 atom stereocenters. The number of esters is 1. The standard InChI is InChI=1S/C25H29ClN2O3/c1-2-31-24(29)13-9-4-3-5-10-18-27-19-23(20-14-16-21(26)17-15-20)28(25(27)30)22-11-7-6-8-12-22/h6-8,11-12,14-17,19H,2-5,9-10,13,18H2,1H3. The zero-order valence-electron chi connectivity index (χ0n) is 17.9. The Labute approximate surface area is 188 Å². The normalized spacial score (nSPS) is 10.9. The van der Waals surface area contributed by atoms with E-state index < -0.39 is 0 Å². The van der Waals surface area contributed by atoms with Gasteiger partial charge in [-0.05, 0) is 44.0 Å². The van der Waals surface area contributed by atoms with E-state index in [1.165, 1.54) is 0 Å². The van der Waals surface area contributed by atoms with Gasteiger partial charge in [-0.2, -0.15) is 0 Å². The van der Waals surface area contributed by atoms with Crippen molar-refractivity contribution in [2.45, 2.75) is 52.0 Å². The summed E-state index contributed by atoms with van der Waals surface area (Å²) in [5.41, 5.74) is 2.60. The molecule has 31 heavy (non-hydrogen) atoms. The van der Waals surface area contributed by atoms with E-state index >= 15 is 0 Å². The number of carbonyl (C=O) groups is 1. The predicted molar refractivity (Wildman–Crippen MR) is 125 cm³/mol. The summed E-state index contributed by atoms with van der Waals surface area (Å²) in [5.74, 6) is -0.119. The summed E-state index contributed by atoms with van der Waals surface area (Å²) in [5, 5.41) is 0.666. The molecule has 3 rings (SSSR count). The van der Waals surface area contributed by atoms with Gasteiger partial charge >= 0.3 is 11.7 Å². The third-order valence-corrected chi connectivity index (χ3v) is 5.45. The number of carbonyl (C=O) groups excluding carboxylic acids is 1. The highest BCUT2D eigenvalue weighted by molar-refractivity contribution is 6.30. The fraction of sp³-hybridized carbons (Fsp3) is 0.360. The summed E-state index contributed by atoms with van der Waals surface area (Å²) >= 11 is 6.05. The lowest BCUT2D eigenvalue weighted by atomic mass is 10.1. The zero-order valence-corrected chi connectivity index (χ0v) is 18.7. The Bertz CT molecular complexity index is 1020. The number of imidazole rings is 1. The largest absolute Gasteiger partial charge is 0.466 e. The third kappa shape index (κ3) is 6.34. The number of hydrogen-bond acceptors (Lipinski definition) is 3. The molecule has 0 aliphatic heterocycles. The predicted octanol–water partition coefficient (Wildman–Crippen LogP) is 5.86. The molecule has 0 spiro atoms. The number of aryl methyl sites for hydroxylation is 1. The third-order valence-electron chi connectivity index (χ3n) is 5.20. The van der Waals surface area contributed by atoms with Crippen molar-refractivity contribution in [3.05, 3.63) is 76.3 Å². The monoisotopic (exact) mass is 440 g/mol. The summed E-state index contributed by atoms with van der Waals surface area (Å²) in [4.78, 5) is 24.6. The van der Waals surface area contributed by atoms with E-state index in [2.05, 4.69) is 0 Å². The first kappa shape index (κ1) is 22.9. The number of nitrogens with zero attached hydrogens (tertiary/aromatic N) is 2. The van der Waals surface area contributed by atoms with Crippen LogP contribution in [0.15, 0.2) is 65.6 Å². The van der Waals surface area contributed by atoms with Crippen LogP contribution in [0, 0.1) is 0 Å². The van der Waals surface area contributed by atoms with Gasteiger partial charge in [0, 0.05) is 29.7 Å². The molecule has 0 radical (unpaired) electrons. The number of benzene rings is 2. The molecule has 0 aliphatic rings. The van der Waals surface area contributed by atoms with Crippen molar-refractivity contribution in [3.8, 4) is 16.9 Å². The Morgan fingerprint density at radius 2 is 1.61 bits per heavy atom. The maximum Gasteiger partial charge on any atom is 0.333 e. The van der Waals surface area contributed by atoms with Crippen LogP contribution in [0.5, 0.6) is 0 Å². The fourth-order valence-electron chi connectivity index (χ4n) is 3.62. The summed E-state index contributed by atoms with van der Waals surface area (Å²) in [6.45, 7) is 2.93. The lowest BCUT2D eigenvalue weighted by Crippen LogP contribution is -2.23. The second-order valence-corrected chi connectivity index (χ2v) is 7.93. The molecule has 0 fully saturated rings. The number of halogens is 1. The molecule has 164 valence electrons. The van der Waals surface area contributed by atoms with Crippen molar-refractivity contribution in [3.63, 3.8) is 0 Å². The Morgan fingerprint density at radius 3 is 2.32 bits per heavy atom. The van der Waals surface area contributed by atoms with Gasteiger partial charge in [0.05, 0.1) is 18.0 Å². The first-order valence-corrected chi connectivity index (χ1v) is 11.3. The van der Waals surface area contributed by atoms with Crippen molar-refractivity contribution in [1.29, 1.82) is 0 Å². The fourth-order valence-corrected chi connectivity index (χ4v) is 3.74. The summed E-state index contributed by atoms with van der Waals surface area (Å²) in [6.07, 6.45) is 7.23. The molecule has 1 heterocycles. The zero-order chi connectivity index (χ0) is 22.1. The Kier molecular flexibility index (Phi) is 8.53. The van der Waals surface area contributed by atoms with Crippen molar-refractivity contribution in [2.24, 2.45) is 0 Å². The Morgan fingerprint density at radius 1 is 0.935 bits per heavy atom. The lowest BCUT2D eigenvalue weighted by Gasteiger charge is -2.07. The van der Waals surface area contributed by atoms with E-state index in [-0.39, 0.29) is 11.7 Å². The number of rotatable bonds is 11. The van der Waals surface area contributed by atoms with Gasteiger partial charge in [0.25, 0.3) is 0 Å². The van der Waals surface area contributed by atoms with Crippen molar-refractivity contribution < 1.29 is 9.53 Å². The van der Waals surface area contributed by atoms with E-state index in [9.17, 15) is 9.59 Å². The minimum Gasteiger partial charge on any atom is -0.466 e. The molecule has 0 aliphatic carbocycles. The molecule has 0 amide bonds. The highest BCUT2D eigenvalue weighted by Gasteiger charge is 2.14. The lowest BCUT2D eigenvalue weighted by molar-refractivity contribution is -0.143. The maximum absolute atomic E-state index is 13.2. The van der Waals surface area contributed by atoms with Crippen LogP contribution in [-0.4, -0.2) is 21.7 Å². The molecule has 0 bridgehead atoms. The van der Waals surface area contributed by atoms with Crippen LogP contribution in [0.3, 0.4) is 0 Å². The van der Waals surface area contributed by atoms with Gasteiger partial charge in [-0.1, -0.05) is 61.2 Å². The Balaban J connectivity index is 1.66. The van der Waals surface area contributed by atoms with Gasteiger partial charge in [-0.25, -0.2) is 4.79 Å². The quantitative estimate of drug-likeness (QED) is 0.277. The van der Waals surface area contributed by atoms with E-state index in [0.29, 0.717) is 24.6 Å². The van der Waals surface area contributed by atoms with Crippen LogP contribution in [0.2, 0.25) is 5.02 Å². The summed E-state index contributed by atoms with van der Waals surface area (Å²) in [6, 6.07) is 17.2. The summed E-state index contributed by atoms with van der Waals surface area (Å²) in [7, 11) is 0. The number of hydrogen-bond donors (Lipinski definition) is 0. The van der Waals surface area contributed by atoms with Crippen molar-refractivity contribution in [1.82, 2.24) is 9.13 Å². The van der Waals surface area contributed by atoms with Gasteiger partial charge in [-0.3, -0.25) is 13.9 Å². The smallest absolute Gasteiger partial charge is 0.333 e. The van der Waals surface area contributed by atoms with Crippen LogP contribution in [0.1, 0.15) is 45.4 Å². The SMILES string of the molecule is CCOC(=O)CCCCCCCn1cc(-c2ccc(Cl)cc2)n(-c2ccccc2)c1=O. The number of aromatic nitrogens is 2. The van der Waals surface area contributed by atoms with Gasteiger partial charge in [0.1, 0.15) is 0 Å². The average Bonchev–Trinajstić information content (AvgIpc) is 3.10. The number of ether oxygens (including phenoxy) is 1. The second kappa shape index (κ2) is 11.6. The van der Waals surface area contributed by atoms with Gasteiger partial charge in [-0.15, -0.1) is 0 Å². The topological polar surface area (TPSA) is 53.2 Å². The maximum atomic E-state index is 13.2. The average molecular weight is 441 g/mol. The van der Waals surface area contributed by atoms with E-state index in [4.69, 9.17) is 16.3 Å². The first-order valence-electron chi connectivity index (χ1n) is 10.9. The van der Waals surface area contributed by atoms with Gasteiger partial charge in [0.2, 0.25) is 0 Å². The van der Waals surface area contributed by atoms with Crippen LogP contribution < -0.4 is 5.69 Å². The molecule has 6 heteroatoms. The van der Waals surface area contributed by atoms with E-state index in [1.807, 2.05) is 67.7 Å². The van der Waals surface area contributed by atoms with E-state index in [1.54, 1.807) is 9.13 Å².